The van der Waals surface area contributed by atoms with Gasteiger partial charge in [-0.05, 0) is 42.0 Å². The quantitative estimate of drug-likeness (QED) is 0.491. The van der Waals surface area contributed by atoms with Crippen molar-refractivity contribution in [3.8, 4) is 11.5 Å². The average molecular weight is 273 g/mol. The van der Waals surface area contributed by atoms with Crippen molar-refractivity contribution in [2.24, 2.45) is 0 Å². The van der Waals surface area contributed by atoms with Gasteiger partial charge in [-0.2, -0.15) is 0 Å². The monoisotopic (exact) mass is 272 g/mol. The van der Waals surface area contributed by atoms with Gasteiger partial charge in [0, 0.05) is 10.6 Å². The maximum atomic E-state index is 11.8. The number of fused-ring (bicyclic) bond motifs is 1. The maximum Gasteiger partial charge on any atom is 0.344 e. The molecule has 0 spiro atoms. The van der Waals surface area contributed by atoms with E-state index in [1.54, 1.807) is 24.3 Å². The lowest BCUT2D eigenvalue weighted by molar-refractivity contribution is -0.126. The molecular formula is C15H9ClO3. The van der Waals surface area contributed by atoms with Crippen molar-refractivity contribution >= 4 is 29.2 Å². The van der Waals surface area contributed by atoms with E-state index in [1.807, 2.05) is 12.1 Å². The summed E-state index contributed by atoms with van der Waals surface area (Å²) in [6.07, 6.45) is 1.71. The molecule has 0 radical (unpaired) electrons. The number of halogens is 1. The summed E-state index contributed by atoms with van der Waals surface area (Å²) in [5.74, 6) is 0.137. The minimum Gasteiger partial charge on any atom is -0.508 e. The number of esters is 1. The molecule has 0 unspecified atom stereocenters. The Bertz CT molecular complexity index is 687. The number of hydrogen-bond acceptors (Lipinski definition) is 3. The Labute approximate surface area is 114 Å². The van der Waals surface area contributed by atoms with E-state index in [0.717, 1.165) is 5.56 Å². The topological polar surface area (TPSA) is 46.5 Å². The van der Waals surface area contributed by atoms with Crippen LogP contribution in [-0.2, 0) is 4.79 Å². The summed E-state index contributed by atoms with van der Waals surface area (Å²) in [6, 6.07) is 11.7. The number of rotatable bonds is 1. The van der Waals surface area contributed by atoms with Crippen LogP contribution in [0.5, 0.6) is 11.5 Å². The van der Waals surface area contributed by atoms with Crippen LogP contribution in [0.2, 0.25) is 5.02 Å². The van der Waals surface area contributed by atoms with Crippen LogP contribution >= 0.6 is 11.6 Å². The molecule has 0 amide bonds. The Kier molecular flexibility index (Phi) is 2.76. The van der Waals surface area contributed by atoms with Gasteiger partial charge in [0.15, 0.2) is 0 Å². The number of phenols is 1. The Hall–Kier alpha value is -2.26. The first kappa shape index (κ1) is 11.8. The maximum absolute atomic E-state index is 11.8. The molecule has 3 rings (SSSR count). The minimum atomic E-state index is -0.421. The highest BCUT2D eigenvalue weighted by Gasteiger charge is 2.27. The molecule has 0 saturated heterocycles. The average Bonchev–Trinajstić information content (AvgIpc) is 2.69. The molecule has 19 heavy (non-hydrogen) atoms. The lowest BCUT2D eigenvalue weighted by atomic mass is 10.0. The summed E-state index contributed by atoms with van der Waals surface area (Å²) in [5, 5.41) is 10.1. The predicted molar refractivity (Wildman–Crippen MR) is 73.1 cm³/mol. The fourth-order valence-electron chi connectivity index (χ4n) is 1.94. The zero-order valence-electron chi connectivity index (χ0n) is 9.76. The summed E-state index contributed by atoms with van der Waals surface area (Å²) < 4.78 is 5.13. The lowest BCUT2D eigenvalue weighted by Gasteiger charge is -1.98. The molecule has 2 aromatic carbocycles. The van der Waals surface area contributed by atoms with Gasteiger partial charge >= 0.3 is 5.97 Å². The number of carbonyl (C=O) groups excluding carboxylic acids is 1. The summed E-state index contributed by atoms with van der Waals surface area (Å²) >= 11 is 5.81. The van der Waals surface area contributed by atoms with E-state index in [2.05, 4.69) is 0 Å². The number of hydrogen-bond donors (Lipinski definition) is 1. The molecule has 0 bridgehead atoms. The first-order valence-electron chi connectivity index (χ1n) is 5.66. The molecule has 0 saturated carbocycles. The van der Waals surface area contributed by atoms with E-state index in [9.17, 15) is 9.90 Å². The van der Waals surface area contributed by atoms with Crippen molar-refractivity contribution in [3.05, 3.63) is 58.6 Å². The highest BCUT2D eigenvalue weighted by atomic mass is 35.5. The lowest BCUT2D eigenvalue weighted by Crippen LogP contribution is -2.00. The Morgan fingerprint density at radius 3 is 2.58 bits per heavy atom. The summed E-state index contributed by atoms with van der Waals surface area (Å²) in [7, 11) is 0. The van der Waals surface area contributed by atoms with Gasteiger partial charge in [-0.1, -0.05) is 23.7 Å². The molecule has 0 aromatic heterocycles. The van der Waals surface area contributed by atoms with Crippen LogP contribution in [0.3, 0.4) is 0 Å². The molecule has 1 N–H and O–H groups in total. The molecule has 1 heterocycles. The second-order valence-electron chi connectivity index (χ2n) is 4.18. The largest absolute Gasteiger partial charge is 0.508 e. The Morgan fingerprint density at radius 2 is 1.84 bits per heavy atom. The molecule has 3 nitrogen and oxygen atoms in total. The first-order valence-corrected chi connectivity index (χ1v) is 6.04. The van der Waals surface area contributed by atoms with Gasteiger partial charge in [0.25, 0.3) is 0 Å². The van der Waals surface area contributed by atoms with Gasteiger partial charge in [0.05, 0.1) is 5.57 Å². The van der Waals surface area contributed by atoms with E-state index in [4.69, 9.17) is 16.3 Å². The zero-order chi connectivity index (χ0) is 13.4. The van der Waals surface area contributed by atoms with Crippen molar-refractivity contribution < 1.29 is 14.6 Å². The summed E-state index contributed by atoms with van der Waals surface area (Å²) in [4.78, 5) is 11.8. The van der Waals surface area contributed by atoms with E-state index in [1.165, 1.54) is 12.1 Å². The van der Waals surface area contributed by atoms with Crippen LogP contribution in [0.15, 0.2) is 42.5 Å². The number of ether oxygens (including phenoxy) is 1. The Balaban J connectivity index is 2.08. The van der Waals surface area contributed by atoms with Gasteiger partial charge in [-0.3, -0.25) is 0 Å². The van der Waals surface area contributed by atoms with Crippen LogP contribution in [0, 0.1) is 0 Å². The van der Waals surface area contributed by atoms with Crippen molar-refractivity contribution in [1.29, 1.82) is 0 Å². The highest BCUT2D eigenvalue weighted by molar-refractivity contribution is 6.30. The SMILES string of the molecule is O=C1Oc2ccc(O)cc2/C1=C/c1ccc(Cl)cc1. The zero-order valence-corrected chi connectivity index (χ0v) is 10.5. The van der Waals surface area contributed by atoms with Crippen molar-refractivity contribution in [2.75, 3.05) is 0 Å². The number of carbonyl (C=O) groups is 1. The summed E-state index contributed by atoms with van der Waals surface area (Å²) in [6.45, 7) is 0. The normalized spacial score (nSPS) is 15.4. The molecule has 94 valence electrons. The second-order valence-corrected chi connectivity index (χ2v) is 4.62. The molecular weight excluding hydrogens is 264 g/mol. The molecule has 2 aromatic rings. The van der Waals surface area contributed by atoms with E-state index < -0.39 is 5.97 Å². The van der Waals surface area contributed by atoms with Crippen LogP contribution in [0.1, 0.15) is 11.1 Å². The Morgan fingerprint density at radius 1 is 1.11 bits per heavy atom. The number of aromatic hydroxyl groups is 1. The van der Waals surface area contributed by atoms with Crippen molar-refractivity contribution in [2.45, 2.75) is 0 Å². The third kappa shape index (κ3) is 2.20. The molecule has 1 aliphatic rings. The minimum absolute atomic E-state index is 0.0963. The fraction of sp³-hybridized carbons (Fsp3) is 0. The van der Waals surface area contributed by atoms with Crippen molar-refractivity contribution in [1.82, 2.24) is 0 Å². The van der Waals surface area contributed by atoms with E-state index in [0.29, 0.717) is 21.9 Å². The first-order chi connectivity index (χ1) is 9.13. The predicted octanol–water partition coefficient (Wildman–Crippen LogP) is 3.51. The van der Waals surface area contributed by atoms with Gasteiger partial charge in [0.2, 0.25) is 0 Å². The van der Waals surface area contributed by atoms with Crippen LogP contribution in [0.25, 0.3) is 11.6 Å². The molecule has 0 atom stereocenters. The van der Waals surface area contributed by atoms with Gasteiger partial charge < -0.3 is 9.84 Å². The van der Waals surface area contributed by atoms with Crippen LogP contribution in [-0.4, -0.2) is 11.1 Å². The number of benzene rings is 2. The molecule has 4 heteroatoms. The molecule has 0 fully saturated rings. The third-order valence-corrected chi connectivity index (χ3v) is 3.11. The second kappa shape index (κ2) is 4.44. The summed E-state index contributed by atoms with van der Waals surface area (Å²) in [5.41, 5.74) is 1.86. The van der Waals surface area contributed by atoms with Crippen LogP contribution < -0.4 is 4.74 Å². The van der Waals surface area contributed by atoms with Gasteiger partial charge in [-0.15, -0.1) is 0 Å². The molecule has 1 aliphatic heterocycles. The van der Waals surface area contributed by atoms with E-state index in [-0.39, 0.29) is 5.75 Å². The smallest absolute Gasteiger partial charge is 0.344 e. The van der Waals surface area contributed by atoms with E-state index >= 15 is 0 Å². The van der Waals surface area contributed by atoms with Crippen molar-refractivity contribution in [3.63, 3.8) is 0 Å². The van der Waals surface area contributed by atoms with Crippen LogP contribution in [0.4, 0.5) is 0 Å². The molecule has 0 aliphatic carbocycles. The highest BCUT2D eigenvalue weighted by Crippen LogP contribution is 2.37. The number of phenolic OH excluding ortho intramolecular Hbond substituents is 1. The standard InChI is InChI=1S/C15H9ClO3/c16-10-3-1-9(2-4-10)7-13-12-8-11(17)5-6-14(12)19-15(13)18/h1-8,17H/b13-7-. The fourth-order valence-corrected chi connectivity index (χ4v) is 2.07. The van der Waals surface area contributed by atoms with Gasteiger partial charge in [-0.25, -0.2) is 4.79 Å². The third-order valence-electron chi connectivity index (χ3n) is 2.86. The van der Waals surface area contributed by atoms with Gasteiger partial charge in [0.1, 0.15) is 11.5 Å².